The summed E-state index contributed by atoms with van der Waals surface area (Å²) in [6.07, 6.45) is 0. The molecule has 0 bridgehead atoms. The quantitative estimate of drug-likeness (QED) is 0.869. The van der Waals surface area contributed by atoms with Crippen LogP contribution in [0.1, 0.15) is 21.5 Å². The average Bonchev–Trinajstić information content (AvgIpc) is 2.37. The third-order valence-electron chi connectivity index (χ3n) is 2.89. The minimum Gasteiger partial charge on any atom is -0.321 e. The van der Waals surface area contributed by atoms with Crippen LogP contribution in [0.4, 0.5) is 10.1 Å². The van der Waals surface area contributed by atoms with Gasteiger partial charge in [0, 0.05) is 10.7 Å². The molecule has 2 rings (SSSR count). The molecule has 0 saturated heterocycles. The molecular formula is C15H13ClFNO. The molecule has 0 aliphatic carbocycles. The zero-order valence-corrected chi connectivity index (χ0v) is 11.4. The third kappa shape index (κ3) is 2.93. The lowest BCUT2D eigenvalue weighted by Gasteiger charge is -2.12. The molecule has 1 amide bonds. The molecule has 0 spiro atoms. The summed E-state index contributed by atoms with van der Waals surface area (Å²) >= 11 is 5.78. The molecule has 0 saturated carbocycles. The summed E-state index contributed by atoms with van der Waals surface area (Å²) in [6.45, 7) is 3.77. The van der Waals surface area contributed by atoms with Crippen molar-refractivity contribution in [2.75, 3.05) is 5.32 Å². The van der Waals surface area contributed by atoms with Gasteiger partial charge in [0.1, 0.15) is 5.82 Å². The zero-order valence-electron chi connectivity index (χ0n) is 10.6. The van der Waals surface area contributed by atoms with E-state index in [2.05, 4.69) is 5.32 Å². The predicted molar refractivity (Wildman–Crippen MR) is 75.3 cm³/mol. The second-order valence-electron chi connectivity index (χ2n) is 4.35. The van der Waals surface area contributed by atoms with E-state index in [1.165, 1.54) is 18.2 Å². The maximum absolute atomic E-state index is 13.6. The molecule has 4 heteroatoms. The Hall–Kier alpha value is -1.87. The number of hydrogen-bond acceptors (Lipinski definition) is 1. The summed E-state index contributed by atoms with van der Waals surface area (Å²) in [5.41, 5.74) is 2.49. The number of carbonyl (C=O) groups excluding carboxylic acids is 1. The highest BCUT2D eigenvalue weighted by Gasteiger charge is 2.14. The molecule has 98 valence electrons. The number of halogens is 2. The summed E-state index contributed by atoms with van der Waals surface area (Å²) in [5, 5.41) is 3.05. The van der Waals surface area contributed by atoms with Crippen molar-refractivity contribution in [2.24, 2.45) is 0 Å². The summed E-state index contributed by atoms with van der Waals surface area (Å²) < 4.78 is 13.6. The molecule has 0 radical (unpaired) electrons. The van der Waals surface area contributed by atoms with E-state index < -0.39 is 11.7 Å². The maximum Gasteiger partial charge on any atom is 0.258 e. The molecule has 0 aliphatic heterocycles. The first-order valence-electron chi connectivity index (χ1n) is 5.81. The molecule has 19 heavy (non-hydrogen) atoms. The van der Waals surface area contributed by atoms with E-state index in [-0.39, 0.29) is 5.56 Å². The van der Waals surface area contributed by atoms with Gasteiger partial charge in [0.15, 0.2) is 0 Å². The first kappa shape index (κ1) is 13.6. The van der Waals surface area contributed by atoms with E-state index >= 15 is 0 Å². The minimum atomic E-state index is -0.590. The Kier molecular flexibility index (Phi) is 3.86. The number of carbonyl (C=O) groups is 1. The SMILES string of the molecule is Cc1cccc(C)c1NC(=O)c1cc(Cl)ccc1F. The number of amides is 1. The number of rotatable bonds is 2. The maximum atomic E-state index is 13.6. The van der Waals surface area contributed by atoms with Crippen LogP contribution >= 0.6 is 11.6 Å². The molecule has 2 aromatic rings. The Morgan fingerprint density at radius 1 is 1.16 bits per heavy atom. The van der Waals surface area contributed by atoms with Gasteiger partial charge in [-0.25, -0.2) is 4.39 Å². The van der Waals surface area contributed by atoms with E-state index in [4.69, 9.17) is 11.6 Å². The Morgan fingerprint density at radius 2 is 1.79 bits per heavy atom. The number of benzene rings is 2. The molecule has 0 unspecified atom stereocenters. The normalized spacial score (nSPS) is 10.3. The van der Waals surface area contributed by atoms with Gasteiger partial charge < -0.3 is 5.32 Å². The summed E-state index contributed by atoms with van der Waals surface area (Å²) in [7, 11) is 0. The fourth-order valence-corrected chi connectivity index (χ4v) is 2.04. The van der Waals surface area contributed by atoms with Gasteiger partial charge in [-0.3, -0.25) is 4.79 Å². The Labute approximate surface area is 116 Å². The molecule has 0 aromatic heterocycles. The van der Waals surface area contributed by atoms with Crippen molar-refractivity contribution in [3.8, 4) is 0 Å². The molecule has 0 atom stereocenters. The number of aryl methyl sites for hydroxylation is 2. The Morgan fingerprint density at radius 3 is 2.42 bits per heavy atom. The van der Waals surface area contributed by atoms with E-state index in [0.29, 0.717) is 10.7 Å². The van der Waals surface area contributed by atoms with Crippen LogP contribution in [-0.4, -0.2) is 5.91 Å². The second-order valence-corrected chi connectivity index (χ2v) is 4.78. The van der Waals surface area contributed by atoms with Crippen LogP contribution in [0.3, 0.4) is 0 Å². The van der Waals surface area contributed by atoms with Crippen LogP contribution in [0.25, 0.3) is 0 Å². The van der Waals surface area contributed by atoms with Crippen molar-refractivity contribution >= 4 is 23.2 Å². The molecule has 2 aromatic carbocycles. The van der Waals surface area contributed by atoms with Crippen molar-refractivity contribution in [3.63, 3.8) is 0 Å². The summed E-state index contributed by atoms with van der Waals surface area (Å²) in [5.74, 6) is -1.09. The van der Waals surface area contributed by atoms with Gasteiger partial charge in [0.25, 0.3) is 5.91 Å². The number of hydrogen-bond donors (Lipinski definition) is 1. The molecule has 2 nitrogen and oxygen atoms in total. The Bertz CT molecular complexity index is 620. The highest BCUT2D eigenvalue weighted by atomic mass is 35.5. The highest BCUT2D eigenvalue weighted by molar-refractivity contribution is 6.31. The van der Waals surface area contributed by atoms with Gasteiger partial charge in [-0.1, -0.05) is 29.8 Å². The van der Waals surface area contributed by atoms with Crippen molar-refractivity contribution in [1.29, 1.82) is 0 Å². The van der Waals surface area contributed by atoms with Gasteiger partial charge in [-0.05, 0) is 43.2 Å². The van der Waals surface area contributed by atoms with Crippen LogP contribution in [0.2, 0.25) is 5.02 Å². The van der Waals surface area contributed by atoms with Crippen LogP contribution in [0, 0.1) is 19.7 Å². The zero-order chi connectivity index (χ0) is 14.0. The van der Waals surface area contributed by atoms with Gasteiger partial charge in [0.05, 0.1) is 5.56 Å². The van der Waals surface area contributed by atoms with E-state index in [1.807, 2.05) is 32.0 Å². The molecule has 1 N–H and O–H groups in total. The van der Waals surface area contributed by atoms with Crippen LogP contribution in [0.15, 0.2) is 36.4 Å². The van der Waals surface area contributed by atoms with E-state index in [0.717, 1.165) is 11.1 Å². The highest BCUT2D eigenvalue weighted by Crippen LogP contribution is 2.22. The third-order valence-corrected chi connectivity index (χ3v) is 3.13. The van der Waals surface area contributed by atoms with Gasteiger partial charge in [0.2, 0.25) is 0 Å². The molecule has 0 fully saturated rings. The topological polar surface area (TPSA) is 29.1 Å². The number of nitrogens with one attached hydrogen (secondary N) is 1. The minimum absolute atomic E-state index is 0.0600. The largest absolute Gasteiger partial charge is 0.321 e. The summed E-state index contributed by atoms with van der Waals surface area (Å²) in [6, 6.07) is 9.59. The van der Waals surface area contributed by atoms with Crippen molar-refractivity contribution in [3.05, 3.63) is 63.9 Å². The lowest BCUT2D eigenvalue weighted by molar-refractivity contribution is 0.102. The van der Waals surface area contributed by atoms with Crippen molar-refractivity contribution in [1.82, 2.24) is 0 Å². The van der Waals surface area contributed by atoms with Gasteiger partial charge in [-0.2, -0.15) is 0 Å². The van der Waals surface area contributed by atoms with E-state index in [1.54, 1.807) is 0 Å². The van der Waals surface area contributed by atoms with Crippen LogP contribution < -0.4 is 5.32 Å². The van der Waals surface area contributed by atoms with Gasteiger partial charge in [-0.15, -0.1) is 0 Å². The van der Waals surface area contributed by atoms with Gasteiger partial charge >= 0.3 is 0 Å². The Balaban J connectivity index is 2.34. The number of para-hydroxylation sites is 1. The van der Waals surface area contributed by atoms with Crippen LogP contribution in [0.5, 0.6) is 0 Å². The molecular weight excluding hydrogens is 265 g/mol. The number of anilines is 1. The van der Waals surface area contributed by atoms with Crippen molar-refractivity contribution < 1.29 is 9.18 Å². The fourth-order valence-electron chi connectivity index (χ4n) is 1.86. The molecule has 0 aliphatic rings. The van der Waals surface area contributed by atoms with E-state index in [9.17, 15) is 9.18 Å². The lowest BCUT2D eigenvalue weighted by Crippen LogP contribution is -2.15. The van der Waals surface area contributed by atoms with Crippen LogP contribution in [-0.2, 0) is 0 Å². The fraction of sp³-hybridized carbons (Fsp3) is 0.133. The monoisotopic (exact) mass is 277 g/mol. The lowest BCUT2D eigenvalue weighted by atomic mass is 10.1. The second kappa shape index (κ2) is 5.41. The first-order chi connectivity index (χ1) is 8.99. The van der Waals surface area contributed by atoms with Crippen molar-refractivity contribution in [2.45, 2.75) is 13.8 Å². The standard InChI is InChI=1S/C15H13ClFNO/c1-9-4-3-5-10(2)14(9)18-15(19)12-8-11(16)6-7-13(12)17/h3-8H,1-2H3,(H,18,19). The smallest absolute Gasteiger partial charge is 0.258 e. The average molecular weight is 278 g/mol. The first-order valence-corrected chi connectivity index (χ1v) is 6.19. The summed E-state index contributed by atoms with van der Waals surface area (Å²) in [4.78, 5) is 12.1. The predicted octanol–water partition coefficient (Wildman–Crippen LogP) is 4.35. The molecule has 0 heterocycles.